The van der Waals surface area contributed by atoms with Crippen molar-refractivity contribution in [2.45, 2.75) is 155 Å². The van der Waals surface area contributed by atoms with Crippen molar-refractivity contribution in [3.63, 3.8) is 0 Å². The lowest BCUT2D eigenvalue weighted by atomic mass is 10.0. The van der Waals surface area contributed by atoms with Crippen LogP contribution in [0.4, 0.5) is 0 Å². The van der Waals surface area contributed by atoms with Gasteiger partial charge < -0.3 is 16.6 Å². The number of amides is 1. The zero-order valence-electron chi connectivity index (χ0n) is 23.2. The molecule has 0 saturated carbocycles. The number of hydrogen-bond acceptors (Lipinski definition) is 6. The average Bonchev–Trinajstić information content (AvgIpc) is 2.76. The highest BCUT2D eigenvalue weighted by atomic mass is 32.3. The minimum atomic E-state index is -4.17. The molecule has 214 valence electrons. The lowest BCUT2D eigenvalue weighted by Gasteiger charge is -2.19. The van der Waals surface area contributed by atoms with E-state index in [2.05, 4.69) is 11.1 Å². The van der Waals surface area contributed by atoms with Gasteiger partial charge in [0.2, 0.25) is 5.91 Å². The van der Waals surface area contributed by atoms with Gasteiger partial charge in [0, 0.05) is 6.42 Å². The summed E-state index contributed by atoms with van der Waals surface area (Å²) in [6.07, 6.45) is 23.2. The van der Waals surface area contributed by atoms with Crippen LogP contribution in [0.25, 0.3) is 0 Å². The second-order valence-electron chi connectivity index (χ2n) is 9.21. The van der Waals surface area contributed by atoms with Gasteiger partial charge in [-0.25, -0.2) is 4.18 Å². The molecular formula is C26H58N2O6S. The molecule has 0 spiro atoms. The molecule has 8 nitrogen and oxygen atoms in total. The molecule has 0 radical (unpaired) electrons. The summed E-state index contributed by atoms with van der Waals surface area (Å²) in [5.41, 5.74) is 9.58. The SMILES string of the molecule is CCCC(N)(O)CC.CCCCCCCCCCCCCCCCCC(N)=O.CCOS(=O)(=O)O. The van der Waals surface area contributed by atoms with Gasteiger partial charge in [-0.15, -0.1) is 0 Å². The third kappa shape index (κ3) is 43.7. The summed E-state index contributed by atoms with van der Waals surface area (Å²) in [4.78, 5) is 10.6. The van der Waals surface area contributed by atoms with Crippen molar-refractivity contribution in [3.05, 3.63) is 0 Å². The molecule has 35 heavy (non-hydrogen) atoms. The van der Waals surface area contributed by atoms with Crippen LogP contribution in [0.5, 0.6) is 0 Å². The zero-order valence-corrected chi connectivity index (χ0v) is 24.0. The Morgan fingerprint density at radius 3 is 1.31 bits per heavy atom. The van der Waals surface area contributed by atoms with Crippen LogP contribution in [0.15, 0.2) is 0 Å². The predicted octanol–water partition coefficient (Wildman–Crippen LogP) is 6.40. The van der Waals surface area contributed by atoms with Gasteiger partial charge in [-0.2, -0.15) is 8.42 Å². The van der Waals surface area contributed by atoms with Gasteiger partial charge in [0.05, 0.1) is 6.61 Å². The van der Waals surface area contributed by atoms with Gasteiger partial charge in [0.15, 0.2) is 0 Å². The second-order valence-corrected chi connectivity index (χ2v) is 10.3. The fourth-order valence-electron chi connectivity index (χ4n) is 3.43. The Balaban J connectivity index is -0.000000557. The predicted molar refractivity (Wildman–Crippen MR) is 146 cm³/mol. The Bertz CT molecular complexity index is 542. The Hall–Kier alpha value is -0.740. The summed E-state index contributed by atoms with van der Waals surface area (Å²) < 4.78 is 30.7. The van der Waals surface area contributed by atoms with Crippen LogP contribution in [-0.2, 0) is 19.4 Å². The van der Waals surface area contributed by atoms with Crippen LogP contribution in [-0.4, -0.2) is 36.3 Å². The van der Waals surface area contributed by atoms with Crippen molar-refractivity contribution in [3.8, 4) is 0 Å². The van der Waals surface area contributed by atoms with Gasteiger partial charge in [-0.1, -0.05) is 117 Å². The number of carbonyl (C=O) groups excluding carboxylic acids is 1. The summed E-state index contributed by atoms with van der Waals surface area (Å²) in [5.74, 6) is -0.153. The Morgan fingerprint density at radius 2 is 1.11 bits per heavy atom. The molecule has 0 aromatic carbocycles. The molecule has 0 aliphatic rings. The van der Waals surface area contributed by atoms with E-state index in [-0.39, 0.29) is 12.5 Å². The van der Waals surface area contributed by atoms with Crippen molar-refractivity contribution < 1.29 is 27.1 Å². The molecule has 0 fully saturated rings. The summed E-state index contributed by atoms with van der Waals surface area (Å²) in [7, 11) is -4.17. The molecule has 0 bridgehead atoms. The maximum Gasteiger partial charge on any atom is 0.397 e. The van der Waals surface area contributed by atoms with E-state index in [0.29, 0.717) is 19.3 Å². The standard InChI is InChI=1S/C18H37NO.C6H15NO.C2H6O4S/c1-2-3-4-5-6-7-8-9-10-11-12-13-14-15-16-17-18(19)20;1-3-5-6(7,8)4-2;1-2-6-7(3,4)5/h2-17H2,1H3,(H2,19,20);8H,3-5,7H2,1-2H3;2H2,1H3,(H,3,4,5). The van der Waals surface area contributed by atoms with E-state index in [9.17, 15) is 13.2 Å². The first-order valence-corrected chi connectivity index (χ1v) is 15.2. The molecular weight excluding hydrogens is 468 g/mol. The fraction of sp³-hybridized carbons (Fsp3) is 0.962. The number of carbonyl (C=O) groups is 1. The van der Waals surface area contributed by atoms with Gasteiger partial charge in [0.1, 0.15) is 5.72 Å². The summed E-state index contributed by atoms with van der Waals surface area (Å²) in [6, 6.07) is 0. The molecule has 1 amide bonds. The van der Waals surface area contributed by atoms with Crippen molar-refractivity contribution >= 4 is 16.3 Å². The van der Waals surface area contributed by atoms with E-state index in [4.69, 9.17) is 21.1 Å². The van der Waals surface area contributed by atoms with Crippen molar-refractivity contribution in [2.24, 2.45) is 11.5 Å². The van der Waals surface area contributed by atoms with Crippen LogP contribution >= 0.6 is 0 Å². The number of primary amides is 1. The van der Waals surface area contributed by atoms with E-state index in [0.717, 1.165) is 12.8 Å². The number of unbranched alkanes of at least 4 members (excludes halogenated alkanes) is 14. The van der Waals surface area contributed by atoms with Gasteiger partial charge >= 0.3 is 10.4 Å². The van der Waals surface area contributed by atoms with E-state index in [1.54, 1.807) is 0 Å². The third-order valence-electron chi connectivity index (χ3n) is 5.59. The minimum absolute atomic E-state index is 0.0289. The van der Waals surface area contributed by atoms with E-state index in [1.165, 1.54) is 96.8 Å². The second kappa shape index (κ2) is 27.8. The van der Waals surface area contributed by atoms with Crippen LogP contribution in [0.2, 0.25) is 0 Å². The van der Waals surface area contributed by atoms with Crippen molar-refractivity contribution in [1.82, 2.24) is 0 Å². The van der Waals surface area contributed by atoms with E-state index < -0.39 is 16.1 Å². The molecule has 0 aromatic rings. The van der Waals surface area contributed by atoms with Gasteiger partial charge in [-0.3, -0.25) is 9.35 Å². The van der Waals surface area contributed by atoms with Crippen LogP contribution < -0.4 is 11.5 Å². The largest absolute Gasteiger partial charge is 0.397 e. The Morgan fingerprint density at radius 1 is 0.743 bits per heavy atom. The number of aliphatic hydroxyl groups is 1. The third-order valence-corrected chi connectivity index (χ3v) is 6.12. The summed E-state index contributed by atoms with van der Waals surface area (Å²) in [5, 5.41) is 9.10. The number of rotatable bonds is 21. The van der Waals surface area contributed by atoms with Crippen molar-refractivity contribution in [1.29, 1.82) is 0 Å². The average molecular weight is 527 g/mol. The highest BCUT2D eigenvalue weighted by molar-refractivity contribution is 7.80. The normalized spacial score (nSPS) is 12.7. The molecule has 0 aliphatic carbocycles. The molecule has 0 rings (SSSR count). The lowest BCUT2D eigenvalue weighted by Crippen LogP contribution is -2.38. The molecule has 0 heterocycles. The molecule has 0 aliphatic heterocycles. The number of nitrogens with two attached hydrogens (primary N) is 2. The molecule has 9 heteroatoms. The van der Waals surface area contributed by atoms with Crippen LogP contribution in [0, 0.1) is 0 Å². The minimum Gasteiger partial charge on any atom is -0.376 e. The maximum atomic E-state index is 10.6. The smallest absolute Gasteiger partial charge is 0.376 e. The monoisotopic (exact) mass is 526 g/mol. The van der Waals surface area contributed by atoms with Gasteiger partial charge in [-0.05, 0) is 26.2 Å². The Kier molecular flexibility index (Phi) is 30.9. The molecule has 0 saturated heterocycles. The first-order chi connectivity index (χ1) is 16.5. The van der Waals surface area contributed by atoms with Crippen LogP contribution in [0.1, 0.15) is 150 Å². The highest BCUT2D eigenvalue weighted by Crippen LogP contribution is 2.13. The topological polar surface area (TPSA) is 153 Å². The first kappa shape index (κ1) is 38.8. The molecule has 1 unspecified atom stereocenters. The maximum absolute atomic E-state index is 10.6. The summed E-state index contributed by atoms with van der Waals surface area (Å²) in [6.45, 7) is 7.60. The first-order valence-electron chi connectivity index (χ1n) is 13.9. The van der Waals surface area contributed by atoms with E-state index in [1.807, 2.05) is 13.8 Å². The quantitative estimate of drug-likeness (QED) is 0.0766. The van der Waals surface area contributed by atoms with Gasteiger partial charge in [0.25, 0.3) is 0 Å². The van der Waals surface area contributed by atoms with Crippen molar-refractivity contribution in [2.75, 3.05) is 6.61 Å². The lowest BCUT2D eigenvalue weighted by molar-refractivity contribution is -0.118. The van der Waals surface area contributed by atoms with Crippen LogP contribution in [0.3, 0.4) is 0 Å². The number of hydrogen-bond donors (Lipinski definition) is 4. The fourth-order valence-corrected chi connectivity index (χ4v) is 3.73. The van der Waals surface area contributed by atoms with E-state index >= 15 is 0 Å². The molecule has 0 aromatic heterocycles. The Labute approximate surface area is 216 Å². The molecule has 6 N–H and O–H groups in total. The zero-order chi connectivity index (χ0) is 27.4. The molecule has 1 atom stereocenters. The highest BCUT2D eigenvalue weighted by Gasteiger charge is 2.15. The summed E-state index contributed by atoms with van der Waals surface area (Å²) >= 11 is 0.